The van der Waals surface area contributed by atoms with Crippen LogP contribution in [0.4, 0.5) is 4.39 Å². The predicted octanol–water partition coefficient (Wildman–Crippen LogP) is 3.12. The molecule has 0 radical (unpaired) electrons. The van der Waals surface area contributed by atoms with Crippen LogP contribution in [0.5, 0.6) is 0 Å². The van der Waals surface area contributed by atoms with Gasteiger partial charge in [0.25, 0.3) is 0 Å². The highest BCUT2D eigenvalue weighted by Crippen LogP contribution is 2.17. The highest BCUT2D eigenvalue weighted by molar-refractivity contribution is 9.10. The molecule has 0 saturated heterocycles. The zero-order valence-electron chi connectivity index (χ0n) is 11.8. The van der Waals surface area contributed by atoms with Crippen LogP contribution >= 0.6 is 15.9 Å². The summed E-state index contributed by atoms with van der Waals surface area (Å²) in [5.41, 5.74) is 0.996. The SMILES string of the molecule is CC(C)(C)NCc1ncnn1Cc1ccc(F)c(Br)c1. The summed E-state index contributed by atoms with van der Waals surface area (Å²) in [6.07, 6.45) is 1.54. The van der Waals surface area contributed by atoms with Gasteiger partial charge in [0.05, 0.1) is 17.6 Å². The Kier molecular flexibility index (Phi) is 4.55. The summed E-state index contributed by atoms with van der Waals surface area (Å²) < 4.78 is 15.5. The molecule has 0 amide bonds. The maximum Gasteiger partial charge on any atom is 0.141 e. The first kappa shape index (κ1) is 15.1. The molecule has 0 aliphatic rings. The van der Waals surface area contributed by atoms with E-state index >= 15 is 0 Å². The summed E-state index contributed by atoms with van der Waals surface area (Å²) in [7, 11) is 0. The highest BCUT2D eigenvalue weighted by Gasteiger charge is 2.12. The van der Waals surface area contributed by atoms with Crippen molar-refractivity contribution in [3.63, 3.8) is 0 Å². The zero-order valence-corrected chi connectivity index (χ0v) is 13.4. The van der Waals surface area contributed by atoms with Gasteiger partial charge in [-0.3, -0.25) is 0 Å². The van der Waals surface area contributed by atoms with E-state index in [9.17, 15) is 4.39 Å². The molecule has 0 atom stereocenters. The maximum absolute atomic E-state index is 13.2. The molecule has 0 unspecified atom stereocenters. The number of nitrogens with one attached hydrogen (secondary N) is 1. The quantitative estimate of drug-likeness (QED) is 0.929. The van der Waals surface area contributed by atoms with Gasteiger partial charge in [0.2, 0.25) is 0 Å². The van der Waals surface area contributed by atoms with Gasteiger partial charge < -0.3 is 5.32 Å². The number of halogens is 2. The topological polar surface area (TPSA) is 42.7 Å². The molecule has 0 fully saturated rings. The number of hydrogen-bond donors (Lipinski definition) is 1. The molecule has 1 heterocycles. The van der Waals surface area contributed by atoms with Crippen molar-refractivity contribution in [3.8, 4) is 0 Å². The van der Waals surface area contributed by atoms with Crippen LogP contribution in [0.25, 0.3) is 0 Å². The number of hydrogen-bond acceptors (Lipinski definition) is 3. The molecule has 4 nitrogen and oxygen atoms in total. The van der Waals surface area contributed by atoms with Gasteiger partial charge in [0, 0.05) is 5.54 Å². The van der Waals surface area contributed by atoms with Crippen molar-refractivity contribution in [3.05, 3.63) is 46.2 Å². The molecule has 0 aliphatic heterocycles. The second-order valence-corrected chi connectivity index (χ2v) is 6.54. The molecule has 20 heavy (non-hydrogen) atoms. The van der Waals surface area contributed by atoms with E-state index in [1.807, 2.05) is 4.68 Å². The molecule has 2 aromatic rings. The molecule has 0 aliphatic carbocycles. The van der Waals surface area contributed by atoms with Crippen molar-refractivity contribution in [2.24, 2.45) is 0 Å². The van der Waals surface area contributed by atoms with Gasteiger partial charge >= 0.3 is 0 Å². The van der Waals surface area contributed by atoms with Crippen LogP contribution < -0.4 is 5.32 Å². The predicted molar refractivity (Wildman–Crippen MR) is 79.8 cm³/mol. The van der Waals surface area contributed by atoms with E-state index < -0.39 is 0 Å². The highest BCUT2D eigenvalue weighted by atomic mass is 79.9. The lowest BCUT2D eigenvalue weighted by molar-refractivity contribution is 0.410. The van der Waals surface area contributed by atoms with Crippen LogP contribution in [0.2, 0.25) is 0 Å². The summed E-state index contributed by atoms with van der Waals surface area (Å²) in [5.74, 6) is 0.599. The first-order chi connectivity index (χ1) is 9.35. The van der Waals surface area contributed by atoms with E-state index in [-0.39, 0.29) is 11.4 Å². The summed E-state index contributed by atoms with van der Waals surface area (Å²) in [4.78, 5) is 4.26. The summed E-state index contributed by atoms with van der Waals surface area (Å²) in [6, 6.07) is 4.96. The van der Waals surface area contributed by atoms with E-state index in [2.05, 4.69) is 52.1 Å². The van der Waals surface area contributed by atoms with Crippen molar-refractivity contribution < 1.29 is 4.39 Å². The number of benzene rings is 1. The van der Waals surface area contributed by atoms with Gasteiger partial charge in [-0.1, -0.05) is 6.07 Å². The Balaban J connectivity index is 2.10. The lowest BCUT2D eigenvalue weighted by Gasteiger charge is -2.20. The average Bonchev–Trinajstić information content (AvgIpc) is 2.78. The molecular weight excluding hydrogens is 323 g/mol. The lowest BCUT2D eigenvalue weighted by Crippen LogP contribution is -2.36. The molecule has 1 aromatic carbocycles. The van der Waals surface area contributed by atoms with Crippen LogP contribution in [-0.4, -0.2) is 20.3 Å². The van der Waals surface area contributed by atoms with Gasteiger partial charge in [0.1, 0.15) is 18.0 Å². The number of aromatic nitrogens is 3. The third-order valence-corrected chi connectivity index (χ3v) is 3.40. The molecule has 0 spiro atoms. The summed E-state index contributed by atoms with van der Waals surface area (Å²) >= 11 is 3.19. The molecule has 2 rings (SSSR count). The minimum atomic E-state index is -0.262. The molecule has 108 valence electrons. The minimum absolute atomic E-state index is 0.0235. The minimum Gasteiger partial charge on any atom is -0.305 e. The molecule has 1 N–H and O–H groups in total. The van der Waals surface area contributed by atoms with Crippen LogP contribution in [-0.2, 0) is 13.1 Å². The van der Waals surface area contributed by atoms with Crippen LogP contribution in [0.3, 0.4) is 0 Å². The van der Waals surface area contributed by atoms with Crippen molar-refractivity contribution in [1.29, 1.82) is 0 Å². The Morgan fingerprint density at radius 3 is 2.75 bits per heavy atom. The standard InChI is InChI=1S/C14H18BrFN4/c1-14(2,3)18-7-13-17-9-19-20(13)8-10-4-5-12(16)11(15)6-10/h4-6,9,18H,7-8H2,1-3H3. The average molecular weight is 341 g/mol. The largest absolute Gasteiger partial charge is 0.305 e. The number of rotatable bonds is 4. The normalized spacial score (nSPS) is 11.8. The Morgan fingerprint density at radius 2 is 2.10 bits per heavy atom. The Hall–Kier alpha value is -1.27. The Bertz CT molecular complexity index is 589. The Morgan fingerprint density at radius 1 is 1.35 bits per heavy atom. The van der Waals surface area contributed by atoms with Crippen molar-refractivity contribution in [1.82, 2.24) is 20.1 Å². The number of nitrogens with zero attached hydrogens (tertiary/aromatic N) is 3. The van der Waals surface area contributed by atoms with E-state index in [0.29, 0.717) is 17.6 Å². The van der Waals surface area contributed by atoms with Crippen LogP contribution in [0.15, 0.2) is 29.0 Å². The third-order valence-electron chi connectivity index (χ3n) is 2.79. The van der Waals surface area contributed by atoms with Gasteiger partial charge in [-0.25, -0.2) is 14.1 Å². The summed E-state index contributed by atoms with van der Waals surface area (Å²) in [5, 5.41) is 7.60. The summed E-state index contributed by atoms with van der Waals surface area (Å²) in [6.45, 7) is 7.52. The molecule has 0 bridgehead atoms. The third kappa shape index (κ3) is 4.11. The Labute approximate surface area is 126 Å². The first-order valence-corrected chi connectivity index (χ1v) is 7.20. The van der Waals surface area contributed by atoms with E-state index in [1.54, 1.807) is 12.1 Å². The molecule has 0 saturated carbocycles. The second kappa shape index (κ2) is 6.01. The van der Waals surface area contributed by atoms with Gasteiger partial charge in [-0.05, 0) is 54.4 Å². The van der Waals surface area contributed by atoms with Crippen molar-refractivity contribution in [2.45, 2.75) is 39.4 Å². The van der Waals surface area contributed by atoms with E-state index in [4.69, 9.17) is 0 Å². The second-order valence-electron chi connectivity index (χ2n) is 5.69. The molecule has 6 heteroatoms. The van der Waals surface area contributed by atoms with Crippen LogP contribution in [0, 0.1) is 5.82 Å². The monoisotopic (exact) mass is 340 g/mol. The molecule has 1 aromatic heterocycles. The fraction of sp³-hybridized carbons (Fsp3) is 0.429. The smallest absolute Gasteiger partial charge is 0.141 e. The van der Waals surface area contributed by atoms with Gasteiger partial charge in [-0.2, -0.15) is 5.10 Å². The van der Waals surface area contributed by atoms with Crippen molar-refractivity contribution >= 4 is 15.9 Å². The maximum atomic E-state index is 13.2. The first-order valence-electron chi connectivity index (χ1n) is 6.41. The fourth-order valence-corrected chi connectivity index (χ4v) is 2.14. The lowest BCUT2D eigenvalue weighted by atomic mass is 10.1. The zero-order chi connectivity index (χ0) is 14.8. The van der Waals surface area contributed by atoms with E-state index in [1.165, 1.54) is 12.4 Å². The van der Waals surface area contributed by atoms with Crippen LogP contribution in [0.1, 0.15) is 32.2 Å². The molecular formula is C14H18BrFN4. The van der Waals surface area contributed by atoms with Gasteiger partial charge in [-0.15, -0.1) is 0 Å². The van der Waals surface area contributed by atoms with E-state index in [0.717, 1.165) is 11.4 Å². The van der Waals surface area contributed by atoms with Crippen molar-refractivity contribution in [2.75, 3.05) is 0 Å². The fourth-order valence-electron chi connectivity index (χ4n) is 1.71. The van der Waals surface area contributed by atoms with Gasteiger partial charge in [0.15, 0.2) is 0 Å².